The van der Waals surface area contributed by atoms with Crippen LogP contribution in [0.15, 0.2) is 42.5 Å². The molecule has 0 saturated carbocycles. The van der Waals surface area contributed by atoms with Crippen molar-refractivity contribution >= 4 is 35.0 Å². The van der Waals surface area contributed by atoms with Crippen molar-refractivity contribution in [2.24, 2.45) is 0 Å². The largest absolute Gasteiger partial charge is 0.352 e. The number of amides is 2. The van der Waals surface area contributed by atoms with Gasteiger partial charge in [-0.2, -0.15) is 0 Å². The Hall–Kier alpha value is -2.04. The highest BCUT2D eigenvalue weighted by molar-refractivity contribution is 6.35. The summed E-state index contributed by atoms with van der Waals surface area (Å²) in [7, 11) is 0. The van der Waals surface area contributed by atoms with Crippen molar-refractivity contribution in [2.45, 2.75) is 65.6 Å². The minimum absolute atomic E-state index is 0.0414. The van der Waals surface area contributed by atoms with Crippen LogP contribution in [0.2, 0.25) is 10.0 Å². The molecule has 0 aliphatic carbocycles. The molecule has 0 aliphatic heterocycles. The van der Waals surface area contributed by atoms with Crippen molar-refractivity contribution in [1.29, 1.82) is 0 Å². The van der Waals surface area contributed by atoms with Gasteiger partial charge >= 0.3 is 0 Å². The molecular weight excluding hydrogens is 419 g/mol. The van der Waals surface area contributed by atoms with Crippen LogP contribution < -0.4 is 5.32 Å². The molecule has 0 fully saturated rings. The maximum absolute atomic E-state index is 13.3. The van der Waals surface area contributed by atoms with Crippen LogP contribution in [0.5, 0.6) is 0 Å². The normalized spacial score (nSPS) is 12.9. The zero-order chi connectivity index (χ0) is 22.3. The Kier molecular flexibility index (Phi) is 9.19. The van der Waals surface area contributed by atoms with Crippen molar-refractivity contribution in [3.63, 3.8) is 0 Å². The van der Waals surface area contributed by atoms with Crippen LogP contribution in [0.3, 0.4) is 0 Å². The summed E-state index contributed by atoms with van der Waals surface area (Å²) in [5.41, 5.74) is 2.80. The number of hydrogen-bond donors (Lipinski definition) is 1. The van der Waals surface area contributed by atoms with Gasteiger partial charge in [-0.25, -0.2) is 0 Å². The predicted octanol–water partition coefficient (Wildman–Crippen LogP) is 5.57. The fourth-order valence-corrected chi connectivity index (χ4v) is 3.64. The van der Waals surface area contributed by atoms with Gasteiger partial charge in [-0.15, -0.1) is 0 Å². The molecule has 0 aromatic heterocycles. The van der Waals surface area contributed by atoms with E-state index in [2.05, 4.69) is 5.32 Å². The number of aryl methyl sites for hydroxylation is 1. The number of nitrogens with one attached hydrogen (secondary N) is 1. The second-order valence-electron chi connectivity index (χ2n) is 7.66. The van der Waals surface area contributed by atoms with Gasteiger partial charge < -0.3 is 10.2 Å². The molecule has 6 heteroatoms. The smallest absolute Gasteiger partial charge is 0.243 e. The third kappa shape index (κ3) is 6.75. The van der Waals surface area contributed by atoms with E-state index in [4.69, 9.17) is 23.2 Å². The first-order valence-electron chi connectivity index (χ1n) is 10.3. The van der Waals surface area contributed by atoms with Crippen LogP contribution in [0, 0.1) is 6.92 Å². The summed E-state index contributed by atoms with van der Waals surface area (Å²) in [5.74, 6) is -0.259. The molecule has 2 rings (SSSR count). The van der Waals surface area contributed by atoms with E-state index in [1.807, 2.05) is 52.0 Å². The summed E-state index contributed by atoms with van der Waals surface area (Å²) in [6, 6.07) is 12.5. The number of halogens is 2. The van der Waals surface area contributed by atoms with Crippen molar-refractivity contribution < 1.29 is 9.59 Å². The summed E-state index contributed by atoms with van der Waals surface area (Å²) < 4.78 is 0. The second-order valence-corrected chi connectivity index (χ2v) is 8.51. The summed E-state index contributed by atoms with van der Waals surface area (Å²) in [4.78, 5) is 27.9. The number of nitrogens with zero attached hydrogens (tertiary/aromatic N) is 1. The number of rotatable bonds is 9. The van der Waals surface area contributed by atoms with E-state index >= 15 is 0 Å². The van der Waals surface area contributed by atoms with Crippen molar-refractivity contribution in [1.82, 2.24) is 10.2 Å². The van der Waals surface area contributed by atoms with Crippen LogP contribution in [0.1, 0.15) is 50.3 Å². The molecule has 0 spiro atoms. The van der Waals surface area contributed by atoms with E-state index in [0.29, 0.717) is 16.5 Å². The van der Waals surface area contributed by atoms with Gasteiger partial charge in [0.15, 0.2) is 0 Å². The highest BCUT2D eigenvalue weighted by Crippen LogP contribution is 2.24. The third-order valence-corrected chi connectivity index (χ3v) is 5.81. The summed E-state index contributed by atoms with van der Waals surface area (Å²) in [5, 5.41) is 4.02. The summed E-state index contributed by atoms with van der Waals surface area (Å²) >= 11 is 12.4. The van der Waals surface area contributed by atoms with Crippen molar-refractivity contribution in [3.8, 4) is 0 Å². The molecule has 2 aromatic carbocycles. The summed E-state index contributed by atoms with van der Waals surface area (Å²) in [6.45, 7) is 8.13. The molecule has 30 heavy (non-hydrogen) atoms. The Morgan fingerprint density at radius 1 is 1.03 bits per heavy atom. The van der Waals surface area contributed by atoms with Crippen LogP contribution >= 0.6 is 23.2 Å². The molecule has 0 bridgehead atoms. The molecule has 162 valence electrons. The van der Waals surface area contributed by atoms with E-state index in [-0.39, 0.29) is 30.8 Å². The second kappa shape index (κ2) is 11.4. The van der Waals surface area contributed by atoms with Gasteiger partial charge in [0, 0.05) is 22.6 Å². The lowest BCUT2D eigenvalue weighted by molar-refractivity contribution is -0.141. The van der Waals surface area contributed by atoms with Crippen LogP contribution in [0.4, 0.5) is 0 Å². The molecule has 4 nitrogen and oxygen atoms in total. The molecule has 0 radical (unpaired) electrons. The van der Waals surface area contributed by atoms with Gasteiger partial charge in [0.2, 0.25) is 11.8 Å². The lowest BCUT2D eigenvalue weighted by atomic mass is 10.1. The first kappa shape index (κ1) is 24.2. The molecule has 2 atom stereocenters. The molecule has 1 N–H and O–H groups in total. The average molecular weight is 449 g/mol. The zero-order valence-corrected chi connectivity index (χ0v) is 19.6. The maximum atomic E-state index is 13.3. The third-order valence-electron chi connectivity index (χ3n) is 5.22. The van der Waals surface area contributed by atoms with Gasteiger partial charge in [0.1, 0.15) is 6.04 Å². The number of benzene rings is 2. The van der Waals surface area contributed by atoms with Crippen LogP contribution in [-0.4, -0.2) is 28.8 Å². The Morgan fingerprint density at radius 2 is 1.70 bits per heavy atom. The topological polar surface area (TPSA) is 49.4 Å². The average Bonchev–Trinajstić information content (AvgIpc) is 2.70. The SMILES string of the molecule is CC[C@H](C(=O)N[C@@H](C)CC)N(Cc1ccc(Cl)cc1Cl)C(=O)Cc1ccc(C)cc1. The molecule has 0 unspecified atom stereocenters. The lowest BCUT2D eigenvalue weighted by Gasteiger charge is -2.32. The zero-order valence-electron chi connectivity index (χ0n) is 18.0. The quantitative estimate of drug-likeness (QED) is 0.545. The number of carbonyl (C=O) groups is 2. The maximum Gasteiger partial charge on any atom is 0.243 e. The Balaban J connectivity index is 2.32. The van der Waals surface area contributed by atoms with E-state index < -0.39 is 6.04 Å². The summed E-state index contributed by atoms with van der Waals surface area (Å²) in [6.07, 6.45) is 1.55. The standard InChI is InChI=1S/C24H30Cl2N2O2/c1-5-17(4)27-24(30)22(6-2)28(15-19-11-12-20(25)14-21(19)26)23(29)13-18-9-7-16(3)8-10-18/h7-12,14,17,22H,5-6,13,15H2,1-4H3,(H,27,30)/t17-,22+/m0/s1. The fourth-order valence-electron chi connectivity index (χ4n) is 3.18. The molecule has 0 heterocycles. The van der Waals surface area contributed by atoms with E-state index in [9.17, 15) is 9.59 Å². The van der Waals surface area contributed by atoms with Crippen LogP contribution in [0.25, 0.3) is 0 Å². The first-order chi connectivity index (χ1) is 14.2. The minimum Gasteiger partial charge on any atom is -0.352 e. The predicted molar refractivity (Wildman–Crippen MR) is 124 cm³/mol. The lowest BCUT2D eigenvalue weighted by Crippen LogP contribution is -2.51. The van der Waals surface area contributed by atoms with Gasteiger partial charge in [-0.3, -0.25) is 9.59 Å². The number of hydrogen-bond acceptors (Lipinski definition) is 2. The molecule has 2 aromatic rings. The van der Waals surface area contributed by atoms with Gasteiger partial charge in [-0.05, 0) is 49.9 Å². The molecular formula is C24H30Cl2N2O2. The first-order valence-corrected chi connectivity index (χ1v) is 11.1. The van der Waals surface area contributed by atoms with E-state index in [1.54, 1.807) is 23.1 Å². The van der Waals surface area contributed by atoms with Gasteiger partial charge in [-0.1, -0.05) is 72.9 Å². The Morgan fingerprint density at radius 3 is 2.27 bits per heavy atom. The Bertz CT molecular complexity index is 868. The Labute approximate surface area is 189 Å². The van der Waals surface area contributed by atoms with Crippen molar-refractivity contribution in [2.75, 3.05) is 0 Å². The monoisotopic (exact) mass is 448 g/mol. The van der Waals surface area contributed by atoms with Crippen LogP contribution in [-0.2, 0) is 22.6 Å². The minimum atomic E-state index is -0.580. The fraction of sp³-hybridized carbons (Fsp3) is 0.417. The van der Waals surface area contributed by atoms with E-state index in [1.165, 1.54) is 0 Å². The highest BCUT2D eigenvalue weighted by Gasteiger charge is 2.29. The molecule has 0 aliphatic rings. The molecule has 2 amide bonds. The van der Waals surface area contributed by atoms with Gasteiger partial charge in [0.05, 0.1) is 6.42 Å². The highest BCUT2D eigenvalue weighted by atomic mass is 35.5. The number of carbonyl (C=O) groups excluding carboxylic acids is 2. The van der Waals surface area contributed by atoms with Gasteiger partial charge in [0.25, 0.3) is 0 Å². The van der Waals surface area contributed by atoms with E-state index in [0.717, 1.165) is 23.1 Å². The molecule has 0 saturated heterocycles. The van der Waals surface area contributed by atoms with Crippen molar-refractivity contribution in [3.05, 3.63) is 69.2 Å².